The zero-order valence-corrected chi connectivity index (χ0v) is 13.5. The van der Waals surface area contributed by atoms with Crippen LogP contribution in [0.5, 0.6) is 0 Å². The molecule has 0 radical (unpaired) electrons. The third-order valence-corrected chi connectivity index (χ3v) is 5.17. The fourth-order valence-electron chi connectivity index (χ4n) is 3.76. The average molecular weight is 281 g/mol. The SMILES string of the molecule is CCN(CC)C1CCN(C(=O)C2(C)CCCCN2)CC1. The molecule has 2 heterocycles. The van der Waals surface area contributed by atoms with Crippen molar-refractivity contribution in [1.82, 2.24) is 15.1 Å². The van der Waals surface area contributed by atoms with Gasteiger partial charge in [0.25, 0.3) is 0 Å². The lowest BCUT2D eigenvalue weighted by Crippen LogP contribution is -2.60. The van der Waals surface area contributed by atoms with Crippen molar-refractivity contribution in [3.05, 3.63) is 0 Å². The smallest absolute Gasteiger partial charge is 0.242 e. The maximum Gasteiger partial charge on any atom is 0.242 e. The third kappa shape index (κ3) is 3.34. The van der Waals surface area contributed by atoms with Gasteiger partial charge in [0.15, 0.2) is 0 Å². The fraction of sp³-hybridized carbons (Fsp3) is 0.938. The van der Waals surface area contributed by atoms with E-state index in [-0.39, 0.29) is 5.54 Å². The minimum Gasteiger partial charge on any atom is -0.341 e. The average Bonchev–Trinajstić information content (AvgIpc) is 2.49. The van der Waals surface area contributed by atoms with Gasteiger partial charge in [0.1, 0.15) is 0 Å². The van der Waals surface area contributed by atoms with Crippen molar-refractivity contribution in [2.75, 3.05) is 32.7 Å². The summed E-state index contributed by atoms with van der Waals surface area (Å²) in [5, 5.41) is 3.45. The van der Waals surface area contributed by atoms with Crippen LogP contribution in [0.2, 0.25) is 0 Å². The number of nitrogens with one attached hydrogen (secondary N) is 1. The summed E-state index contributed by atoms with van der Waals surface area (Å²) in [5.74, 6) is 0.329. The zero-order chi connectivity index (χ0) is 14.6. The number of carbonyl (C=O) groups is 1. The highest BCUT2D eigenvalue weighted by Gasteiger charge is 2.38. The normalized spacial score (nSPS) is 28.9. The summed E-state index contributed by atoms with van der Waals surface area (Å²) < 4.78 is 0. The molecule has 0 aromatic heterocycles. The van der Waals surface area contributed by atoms with E-state index >= 15 is 0 Å². The van der Waals surface area contributed by atoms with Crippen LogP contribution in [-0.2, 0) is 4.79 Å². The molecular formula is C16H31N3O. The topological polar surface area (TPSA) is 35.6 Å². The summed E-state index contributed by atoms with van der Waals surface area (Å²) in [4.78, 5) is 17.4. The van der Waals surface area contributed by atoms with Crippen molar-refractivity contribution in [3.63, 3.8) is 0 Å². The summed E-state index contributed by atoms with van der Waals surface area (Å²) >= 11 is 0. The predicted molar refractivity (Wildman–Crippen MR) is 82.8 cm³/mol. The number of likely N-dealkylation sites (tertiary alicyclic amines) is 1. The summed E-state index contributed by atoms with van der Waals surface area (Å²) in [6.45, 7) is 11.6. The number of hydrogen-bond acceptors (Lipinski definition) is 3. The zero-order valence-electron chi connectivity index (χ0n) is 13.5. The molecule has 2 saturated heterocycles. The van der Waals surface area contributed by atoms with Gasteiger partial charge in [0.2, 0.25) is 5.91 Å². The molecule has 1 atom stereocenters. The number of hydrogen-bond donors (Lipinski definition) is 1. The molecule has 2 fully saturated rings. The molecule has 2 aliphatic heterocycles. The van der Waals surface area contributed by atoms with Crippen LogP contribution in [0.1, 0.15) is 52.9 Å². The second-order valence-corrected chi connectivity index (χ2v) is 6.46. The van der Waals surface area contributed by atoms with Crippen LogP contribution in [0.15, 0.2) is 0 Å². The Kier molecular flexibility index (Phi) is 5.44. The highest BCUT2D eigenvalue weighted by atomic mass is 16.2. The van der Waals surface area contributed by atoms with E-state index in [2.05, 4.69) is 35.9 Å². The Morgan fingerprint density at radius 2 is 1.90 bits per heavy atom. The second-order valence-electron chi connectivity index (χ2n) is 6.46. The van der Waals surface area contributed by atoms with Crippen molar-refractivity contribution in [1.29, 1.82) is 0 Å². The van der Waals surface area contributed by atoms with Crippen molar-refractivity contribution in [3.8, 4) is 0 Å². The van der Waals surface area contributed by atoms with Gasteiger partial charge in [-0.2, -0.15) is 0 Å². The maximum absolute atomic E-state index is 12.7. The van der Waals surface area contributed by atoms with Gasteiger partial charge in [-0.25, -0.2) is 0 Å². The summed E-state index contributed by atoms with van der Waals surface area (Å²) in [6.07, 6.45) is 5.62. The third-order valence-electron chi connectivity index (χ3n) is 5.17. The minimum atomic E-state index is -0.305. The van der Waals surface area contributed by atoms with E-state index in [0.29, 0.717) is 11.9 Å². The van der Waals surface area contributed by atoms with E-state index in [9.17, 15) is 4.79 Å². The van der Waals surface area contributed by atoms with Gasteiger partial charge in [-0.3, -0.25) is 4.79 Å². The van der Waals surface area contributed by atoms with Crippen LogP contribution in [0.4, 0.5) is 0 Å². The number of rotatable bonds is 4. The van der Waals surface area contributed by atoms with Gasteiger partial charge in [0, 0.05) is 19.1 Å². The lowest BCUT2D eigenvalue weighted by Gasteiger charge is -2.42. The lowest BCUT2D eigenvalue weighted by molar-refractivity contribution is -0.140. The molecule has 4 nitrogen and oxygen atoms in total. The summed E-state index contributed by atoms with van der Waals surface area (Å²) in [5.41, 5.74) is -0.305. The van der Waals surface area contributed by atoms with E-state index < -0.39 is 0 Å². The van der Waals surface area contributed by atoms with Gasteiger partial charge >= 0.3 is 0 Å². The van der Waals surface area contributed by atoms with Crippen LogP contribution in [-0.4, -0.2) is 60.0 Å². The van der Waals surface area contributed by atoms with Crippen molar-refractivity contribution >= 4 is 5.91 Å². The molecule has 1 unspecified atom stereocenters. The molecule has 0 aromatic carbocycles. The number of piperidine rings is 2. The van der Waals surface area contributed by atoms with Crippen LogP contribution in [0, 0.1) is 0 Å². The second kappa shape index (κ2) is 6.90. The van der Waals surface area contributed by atoms with E-state index in [4.69, 9.17) is 0 Å². The largest absolute Gasteiger partial charge is 0.341 e. The standard InChI is InChI=1S/C16H31N3O/c1-4-18(5-2)14-8-12-19(13-9-14)15(20)16(3)10-6-7-11-17-16/h14,17H,4-13H2,1-3H3. The number of carbonyl (C=O) groups excluding carboxylic acids is 1. The Morgan fingerprint density at radius 1 is 1.25 bits per heavy atom. The first-order valence-corrected chi connectivity index (χ1v) is 8.39. The maximum atomic E-state index is 12.7. The Morgan fingerprint density at radius 3 is 2.40 bits per heavy atom. The van der Waals surface area contributed by atoms with E-state index in [1.165, 1.54) is 12.8 Å². The first-order chi connectivity index (χ1) is 9.60. The predicted octanol–water partition coefficient (Wildman–Crippen LogP) is 1.85. The highest BCUT2D eigenvalue weighted by Crippen LogP contribution is 2.24. The monoisotopic (exact) mass is 281 g/mol. The van der Waals surface area contributed by atoms with Gasteiger partial charge in [0.05, 0.1) is 5.54 Å². The molecule has 4 heteroatoms. The Balaban J connectivity index is 1.88. The molecule has 0 aliphatic carbocycles. The number of nitrogens with zero attached hydrogens (tertiary/aromatic N) is 2. The van der Waals surface area contributed by atoms with Crippen LogP contribution in [0.25, 0.3) is 0 Å². The van der Waals surface area contributed by atoms with Crippen molar-refractivity contribution in [2.45, 2.75) is 64.5 Å². The van der Waals surface area contributed by atoms with Gasteiger partial charge in [-0.1, -0.05) is 13.8 Å². The van der Waals surface area contributed by atoms with Gasteiger partial charge in [-0.15, -0.1) is 0 Å². The van der Waals surface area contributed by atoms with E-state index in [1.807, 2.05) is 0 Å². The quantitative estimate of drug-likeness (QED) is 0.854. The van der Waals surface area contributed by atoms with Crippen molar-refractivity contribution in [2.24, 2.45) is 0 Å². The highest BCUT2D eigenvalue weighted by molar-refractivity contribution is 5.86. The lowest BCUT2D eigenvalue weighted by atomic mass is 9.88. The van der Waals surface area contributed by atoms with Crippen molar-refractivity contribution < 1.29 is 4.79 Å². The molecule has 2 aliphatic rings. The minimum absolute atomic E-state index is 0.305. The van der Waals surface area contributed by atoms with Gasteiger partial charge < -0.3 is 15.1 Å². The molecule has 0 bridgehead atoms. The molecule has 116 valence electrons. The Labute approximate surface area is 123 Å². The molecule has 20 heavy (non-hydrogen) atoms. The van der Waals surface area contributed by atoms with Crippen LogP contribution >= 0.6 is 0 Å². The number of amides is 1. The first-order valence-electron chi connectivity index (χ1n) is 8.39. The fourth-order valence-corrected chi connectivity index (χ4v) is 3.76. The molecule has 1 amide bonds. The molecule has 1 N–H and O–H groups in total. The van der Waals surface area contributed by atoms with Gasteiger partial charge in [-0.05, 0) is 58.7 Å². The molecule has 0 spiro atoms. The first kappa shape index (κ1) is 15.8. The Bertz CT molecular complexity index is 314. The molecular weight excluding hydrogens is 250 g/mol. The molecule has 0 saturated carbocycles. The van der Waals surface area contributed by atoms with E-state index in [0.717, 1.165) is 52.0 Å². The van der Waals surface area contributed by atoms with Crippen LogP contribution < -0.4 is 5.32 Å². The Hall–Kier alpha value is -0.610. The molecule has 2 rings (SSSR count). The van der Waals surface area contributed by atoms with E-state index in [1.54, 1.807) is 0 Å². The molecule has 0 aromatic rings. The summed E-state index contributed by atoms with van der Waals surface area (Å²) in [7, 11) is 0. The summed E-state index contributed by atoms with van der Waals surface area (Å²) in [6, 6.07) is 0.668. The van der Waals surface area contributed by atoms with Crippen LogP contribution in [0.3, 0.4) is 0 Å².